The number of esters is 1. The van der Waals surface area contributed by atoms with Crippen LogP contribution >= 0.6 is 0 Å². The minimum Gasteiger partial charge on any atom is -0.465 e. The van der Waals surface area contributed by atoms with E-state index in [0.29, 0.717) is 5.56 Å². The standard InChI is InChI=1S/C16H14F2O2/c1-2-20-14(19)15(10-16(15,17)18)13-8-7-11-5-3-4-6-12(11)9-13/h3-9H,2,10H2,1H3. The van der Waals surface area contributed by atoms with Gasteiger partial charge in [0.05, 0.1) is 6.61 Å². The predicted octanol–water partition coefficient (Wildman–Crippen LogP) is 3.68. The molecule has 1 aliphatic carbocycles. The molecule has 1 fully saturated rings. The predicted molar refractivity (Wildman–Crippen MR) is 71.8 cm³/mol. The van der Waals surface area contributed by atoms with Crippen molar-refractivity contribution in [3.8, 4) is 0 Å². The Labute approximate surface area is 115 Å². The maximum Gasteiger partial charge on any atom is 0.322 e. The Balaban J connectivity index is 2.10. The number of hydrogen-bond donors (Lipinski definition) is 0. The molecule has 0 spiro atoms. The fourth-order valence-corrected chi connectivity index (χ4v) is 2.65. The lowest BCUT2D eigenvalue weighted by atomic mass is 9.93. The van der Waals surface area contributed by atoms with Gasteiger partial charge in [0.1, 0.15) is 0 Å². The minimum absolute atomic E-state index is 0.101. The van der Waals surface area contributed by atoms with Crippen LogP contribution in [-0.2, 0) is 14.9 Å². The van der Waals surface area contributed by atoms with Crippen LogP contribution in [0.5, 0.6) is 0 Å². The van der Waals surface area contributed by atoms with E-state index in [1.54, 1.807) is 25.1 Å². The number of alkyl halides is 2. The molecule has 0 amide bonds. The van der Waals surface area contributed by atoms with Crippen molar-refractivity contribution < 1.29 is 18.3 Å². The Morgan fingerprint density at radius 3 is 2.45 bits per heavy atom. The third-order valence-corrected chi connectivity index (χ3v) is 3.85. The molecule has 0 aromatic heterocycles. The van der Waals surface area contributed by atoms with Crippen LogP contribution in [0.1, 0.15) is 18.9 Å². The minimum atomic E-state index is -3.03. The van der Waals surface area contributed by atoms with E-state index >= 15 is 0 Å². The SMILES string of the molecule is CCOC(=O)C1(c2ccc3ccccc3c2)CC1(F)F. The maximum absolute atomic E-state index is 13.8. The zero-order chi connectivity index (χ0) is 14.4. The lowest BCUT2D eigenvalue weighted by Gasteiger charge is -2.16. The van der Waals surface area contributed by atoms with Gasteiger partial charge in [0.2, 0.25) is 0 Å². The molecule has 2 aromatic rings. The van der Waals surface area contributed by atoms with Gasteiger partial charge in [0.15, 0.2) is 5.41 Å². The highest BCUT2D eigenvalue weighted by atomic mass is 19.3. The van der Waals surface area contributed by atoms with Crippen molar-refractivity contribution >= 4 is 16.7 Å². The fraction of sp³-hybridized carbons (Fsp3) is 0.312. The topological polar surface area (TPSA) is 26.3 Å². The molecule has 2 nitrogen and oxygen atoms in total. The molecule has 0 heterocycles. The average Bonchev–Trinajstić information content (AvgIpc) is 3.03. The van der Waals surface area contributed by atoms with E-state index in [4.69, 9.17) is 4.74 Å². The molecule has 1 saturated carbocycles. The Hall–Kier alpha value is -1.97. The third kappa shape index (κ3) is 1.71. The molecule has 0 aliphatic heterocycles. The largest absolute Gasteiger partial charge is 0.465 e. The number of fused-ring (bicyclic) bond motifs is 1. The van der Waals surface area contributed by atoms with E-state index in [1.165, 1.54) is 0 Å². The van der Waals surface area contributed by atoms with Crippen LogP contribution in [0.4, 0.5) is 8.78 Å². The molecule has 1 unspecified atom stereocenters. The highest BCUT2D eigenvalue weighted by Crippen LogP contribution is 2.62. The summed E-state index contributed by atoms with van der Waals surface area (Å²) in [5.74, 6) is -3.86. The van der Waals surface area contributed by atoms with Crippen LogP contribution in [0.15, 0.2) is 42.5 Å². The monoisotopic (exact) mass is 276 g/mol. The third-order valence-electron chi connectivity index (χ3n) is 3.85. The van der Waals surface area contributed by atoms with Gasteiger partial charge in [-0.25, -0.2) is 8.78 Å². The van der Waals surface area contributed by atoms with Crippen molar-refractivity contribution in [1.29, 1.82) is 0 Å². The van der Waals surface area contributed by atoms with Gasteiger partial charge in [-0.3, -0.25) is 4.79 Å². The van der Waals surface area contributed by atoms with Crippen molar-refractivity contribution in [1.82, 2.24) is 0 Å². The van der Waals surface area contributed by atoms with E-state index in [0.717, 1.165) is 10.8 Å². The van der Waals surface area contributed by atoms with Crippen LogP contribution in [0, 0.1) is 0 Å². The van der Waals surface area contributed by atoms with Gasteiger partial charge in [0.25, 0.3) is 5.92 Å². The van der Waals surface area contributed by atoms with Gasteiger partial charge in [-0.15, -0.1) is 0 Å². The average molecular weight is 276 g/mol. The van der Waals surface area contributed by atoms with Crippen molar-refractivity contribution in [3.63, 3.8) is 0 Å². The summed E-state index contributed by atoms with van der Waals surface area (Å²) in [7, 11) is 0. The molecule has 20 heavy (non-hydrogen) atoms. The second kappa shape index (κ2) is 4.27. The molecule has 4 heteroatoms. The molecular formula is C16H14F2O2. The van der Waals surface area contributed by atoms with Crippen LogP contribution in [0.3, 0.4) is 0 Å². The van der Waals surface area contributed by atoms with E-state index in [-0.39, 0.29) is 6.61 Å². The maximum atomic E-state index is 13.8. The zero-order valence-electron chi connectivity index (χ0n) is 11.0. The Morgan fingerprint density at radius 1 is 1.20 bits per heavy atom. The zero-order valence-corrected chi connectivity index (χ0v) is 11.0. The number of ether oxygens (including phenoxy) is 1. The van der Waals surface area contributed by atoms with E-state index in [2.05, 4.69) is 0 Å². The summed E-state index contributed by atoms with van der Waals surface area (Å²) in [6.45, 7) is 1.72. The van der Waals surface area contributed by atoms with Gasteiger partial charge in [-0.1, -0.05) is 36.4 Å². The van der Waals surface area contributed by atoms with Crippen molar-refractivity contribution in [2.75, 3.05) is 6.61 Å². The number of benzene rings is 2. The first-order valence-corrected chi connectivity index (χ1v) is 6.55. The Kier molecular flexibility index (Phi) is 2.78. The van der Waals surface area contributed by atoms with Gasteiger partial charge in [-0.05, 0) is 29.3 Å². The molecule has 0 bridgehead atoms. The second-order valence-corrected chi connectivity index (χ2v) is 5.07. The number of halogens is 2. The summed E-state index contributed by atoms with van der Waals surface area (Å²) in [6, 6.07) is 12.5. The molecule has 0 N–H and O–H groups in total. The van der Waals surface area contributed by atoms with Gasteiger partial charge >= 0.3 is 5.97 Å². The summed E-state index contributed by atoms with van der Waals surface area (Å²) in [5.41, 5.74) is -1.47. The van der Waals surface area contributed by atoms with Crippen LogP contribution in [0.2, 0.25) is 0 Å². The number of carbonyl (C=O) groups excluding carboxylic acids is 1. The van der Waals surface area contributed by atoms with Crippen LogP contribution in [0.25, 0.3) is 10.8 Å². The van der Waals surface area contributed by atoms with Crippen molar-refractivity contribution in [2.24, 2.45) is 0 Å². The molecule has 3 rings (SSSR count). The molecule has 0 saturated heterocycles. The quantitative estimate of drug-likeness (QED) is 0.799. The lowest BCUT2D eigenvalue weighted by Crippen LogP contribution is -2.29. The smallest absolute Gasteiger partial charge is 0.322 e. The molecule has 1 atom stereocenters. The fourth-order valence-electron chi connectivity index (χ4n) is 2.65. The summed E-state index contributed by atoms with van der Waals surface area (Å²) < 4.78 is 32.5. The lowest BCUT2D eigenvalue weighted by molar-refractivity contribution is -0.149. The summed E-state index contributed by atoms with van der Waals surface area (Å²) >= 11 is 0. The number of rotatable bonds is 3. The first kappa shape index (κ1) is 13.0. The Morgan fingerprint density at radius 2 is 1.85 bits per heavy atom. The summed E-state index contributed by atoms with van der Waals surface area (Å²) in [5, 5.41) is 1.80. The summed E-state index contributed by atoms with van der Waals surface area (Å²) in [6.07, 6.45) is -0.475. The molecular weight excluding hydrogens is 262 g/mol. The van der Waals surface area contributed by atoms with Crippen molar-refractivity contribution in [2.45, 2.75) is 24.7 Å². The van der Waals surface area contributed by atoms with Gasteiger partial charge < -0.3 is 4.74 Å². The van der Waals surface area contributed by atoms with Crippen LogP contribution < -0.4 is 0 Å². The van der Waals surface area contributed by atoms with Crippen LogP contribution in [-0.4, -0.2) is 18.5 Å². The van der Waals surface area contributed by atoms with Crippen molar-refractivity contribution in [3.05, 3.63) is 48.0 Å². The van der Waals surface area contributed by atoms with E-state index < -0.39 is 23.7 Å². The summed E-state index contributed by atoms with van der Waals surface area (Å²) in [4.78, 5) is 12.0. The number of carbonyl (C=O) groups is 1. The highest BCUT2D eigenvalue weighted by Gasteiger charge is 2.77. The Bertz CT molecular complexity index is 681. The molecule has 0 radical (unpaired) electrons. The first-order valence-electron chi connectivity index (χ1n) is 6.55. The van der Waals surface area contributed by atoms with E-state index in [9.17, 15) is 13.6 Å². The highest BCUT2D eigenvalue weighted by molar-refractivity contribution is 5.92. The van der Waals surface area contributed by atoms with Gasteiger partial charge in [0, 0.05) is 6.42 Å². The molecule has 2 aromatic carbocycles. The normalized spacial score (nSPS) is 23.6. The van der Waals surface area contributed by atoms with Gasteiger partial charge in [-0.2, -0.15) is 0 Å². The molecule has 1 aliphatic rings. The second-order valence-electron chi connectivity index (χ2n) is 5.07. The number of hydrogen-bond acceptors (Lipinski definition) is 2. The van der Waals surface area contributed by atoms with E-state index in [1.807, 2.05) is 24.3 Å². The first-order chi connectivity index (χ1) is 9.51. The molecule has 104 valence electrons.